The van der Waals surface area contributed by atoms with Gasteiger partial charge in [-0.1, -0.05) is 24.3 Å². The van der Waals surface area contributed by atoms with Gasteiger partial charge >= 0.3 is 0 Å². The van der Waals surface area contributed by atoms with E-state index in [1.807, 2.05) is 26.8 Å². The van der Waals surface area contributed by atoms with E-state index in [0.717, 1.165) is 11.1 Å². The van der Waals surface area contributed by atoms with E-state index in [2.05, 4.69) is 12.6 Å². The first-order valence-corrected chi connectivity index (χ1v) is 3.54. The maximum Gasteiger partial charge on any atom is 0.0994 e. The van der Waals surface area contributed by atoms with E-state index in [0.29, 0.717) is 5.57 Å². The van der Waals surface area contributed by atoms with E-state index in [-0.39, 0.29) is 0 Å². The lowest BCUT2D eigenvalue weighted by Crippen LogP contribution is -1.83. The monoisotopic (exact) mass is 147 g/mol. The van der Waals surface area contributed by atoms with Gasteiger partial charge in [-0.25, -0.2) is 0 Å². The average Bonchev–Trinajstić information content (AvgIpc) is 2.05. The Morgan fingerprint density at radius 2 is 2.00 bits per heavy atom. The molecule has 0 unspecified atom stereocenters. The van der Waals surface area contributed by atoms with Crippen LogP contribution in [0.15, 0.2) is 35.5 Å². The molecule has 0 aliphatic carbocycles. The smallest absolute Gasteiger partial charge is 0.0994 e. The predicted octanol–water partition coefficient (Wildman–Crippen LogP) is 2.98. The molecule has 0 spiro atoms. The summed E-state index contributed by atoms with van der Waals surface area (Å²) in [4.78, 5) is 0. The van der Waals surface area contributed by atoms with Crippen molar-refractivity contribution in [1.29, 1.82) is 5.26 Å². The summed E-state index contributed by atoms with van der Waals surface area (Å²) in [5.41, 5.74) is 2.78. The van der Waals surface area contributed by atoms with E-state index < -0.39 is 0 Å². The Bertz CT molecular complexity index is 249. The molecule has 0 rings (SSSR count). The van der Waals surface area contributed by atoms with Crippen molar-refractivity contribution in [3.05, 3.63) is 35.5 Å². The van der Waals surface area contributed by atoms with Crippen molar-refractivity contribution in [2.24, 2.45) is 0 Å². The topological polar surface area (TPSA) is 23.8 Å². The first-order chi connectivity index (χ1) is 5.17. The zero-order valence-electron chi connectivity index (χ0n) is 7.31. The Morgan fingerprint density at radius 1 is 1.45 bits per heavy atom. The highest BCUT2D eigenvalue weighted by Gasteiger charge is 1.97. The van der Waals surface area contributed by atoms with Gasteiger partial charge in [0, 0.05) is 0 Å². The minimum atomic E-state index is 0.653. The molecule has 0 aliphatic heterocycles. The van der Waals surface area contributed by atoms with Gasteiger partial charge < -0.3 is 0 Å². The van der Waals surface area contributed by atoms with Crippen LogP contribution in [0.2, 0.25) is 0 Å². The zero-order chi connectivity index (χ0) is 8.85. The molecule has 0 fully saturated rings. The first-order valence-electron chi connectivity index (χ1n) is 3.54. The van der Waals surface area contributed by atoms with Crippen LogP contribution in [0.25, 0.3) is 0 Å². The molecule has 0 radical (unpaired) electrons. The number of rotatable bonds is 2. The summed E-state index contributed by atoms with van der Waals surface area (Å²) in [6.45, 7) is 9.43. The summed E-state index contributed by atoms with van der Waals surface area (Å²) < 4.78 is 0. The molecular weight excluding hydrogens is 134 g/mol. The summed E-state index contributed by atoms with van der Waals surface area (Å²) in [7, 11) is 0. The number of hydrogen-bond donors (Lipinski definition) is 0. The highest BCUT2D eigenvalue weighted by molar-refractivity contribution is 5.44. The molecule has 0 aliphatic rings. The van der Waals surface area contributed by atoms with E-state index in [4.69, 9.17) is 5.26 Å². The lowest BCUT2D eigenvalue weighted by molar-refractivity contribution is 1.29. The highest BCUT2D eigenvalue weighted by Crippen LogP contribution is 2.13. The molecule has 0 heterocycles. The van der Waals surface area contributed by atoms with Crippen molar-refractivity contribution in [2.45, 2.75) is 20.8 Å². The fraction of sp³-hybridized carbons (Fsp3) is 0.300. The Kier molecular flexibility index (Phi) is 3.98. The van der Waals surface area contributed by atoms with Crippen LogP contribution in [-0.2, 0) is 0 Å². The number of hydrogen-bond acceptors (Lipinski definition) is 1. The van der Waals surface area contributed by atoms with Crippen LogP contribution in [0.5, 0.6) is 0 Å². The van der Waals surface area contributed by atoms with Gasteiger partial charge in [0.05, 0.1) is 11.6 Å². The highest BCUT2D eigenvalue weighted by atomic mass is 14.2. The third-order valence-corrected chi connectivity index (χ3v) is 1.75. The molecule has 0 N–H and O–H groups in total. The molecule has 1 heteroatoms. The summed E-state index contributed by atoms with van der Waals surface area (Å²) in [5, 5.41) is 8.63. The van der Waals surface area contributed by atoms with Crippen LogP contribution >= 0.6 is 0 Å². The summed E-state index contributed by atoms with van der Waals surface area (Å²) in [6.07, 6.45) is 3.57. The maximum atomic E-state index is 8.63. The zero-order valence-corrected chi connectivity index (χ0v) is 7.31. The Hall–Kier alpha value is -1.29. The molecule has 0 saturated carbocycles. The van der Waals surface area contributed by atoms with Crippen molar-refractivity contribution in [3.8, 4) is 6.07 Å². The van der Waals surface area contributed by atoms with E-state index in [9.17, 15) is 0 Å². The van der Waals surface area contributed by atoms with Gasteiger partial charge in [0.2, 0.25) is 0 Å². The third kappa shape index (κ3) is 2.43. The van der Waals surface area contributed by atoms with Gasteiger partial charge in [-0.2, -0.15) is 5.26 Å². The van der Waals surface area contributed by atoms with Crippen molar-refractivity contribution in [3.63, 3.8) is 0 Å². The van der Waals surface area contributed by atoms with Gasteiger partial charge in [-0.05, 0) is 26.3 Å². The molecule has 11 heavy (non-hydrogen) atoms. The van der Waals surface area contributed by atoms with E-state index >= 15 is 0 Å². The van der Waals surface area contributed by atoms with Crippen LogP contribution in [0.3, 0.4) is 0 Å². The Morgan fingerprint density at radius 3 is 2.27 bits per heavy atom. The predicted molar refractivity (Wildman–Crippen MR) is 47.9 cm³/mol. The number of nitriles is 1. The van der Waals surface area contributed by atoms with Crippen LogP contribution in [0.1, 0.15) is 20.8 Å². The standard InChI is InChI=1S/C10H13N/c1-5-8(3)9(4)10(6-2)7-11/h5-6H,2H2,1,3-4H3/b8-5-,10-9+. The summed E-state index contributed by atoms with van der Waals surface area (Å²) >= 11 is 0. The normalized spacial score (nSPS) is 13.5. The fourth-order valence-electron chi connectivity index (χ4n) is 0.712. The molecule has 0 aromatic heterocycles. The molecule has 0 aromatic rings. The van der Waals surface area contributed by atoms with Crippen LogP contribution in [0, 0.1) is 11.3 Å². The van der Waals surface area contributed by atoms with Crippen molar-refractivity contribution in [1.82, 2.24) is 0 Å². The molecule has 58 valence electrons. The summed E-state index contributed by atoms with van der Waals surface area (Å²) in [6, 6.07) is 2.09. The number of allylic oxidation sites excluding steroid dienone is 5. The van der Waals surface area contributed by atoms with Gasteiger partial charge in [-0.15, -0.1) is 0 Å². The van der Waals surface area contributed by atoms with Crippen LogP contribution in [-0.4, -0.2) is 0 Å². The van der Waals surface area contributed by atoms with Crippen LogP contribution in [0.4, 0.5) is 0 Å². The van der Waals surface area contributed by atoms with Crippen molar-refractivity contribution < 1.29 is 0 Å². The van der Waals surface area contributed by atoms with Gasteiger partial charge in [0.25, 0.3) is 0 Å². The molecular formula is C10H13N. The number of nitrogens with zero attached hydrogens (tertiary/aromatic N) is 1. The lowest BCUT2D eigenvalue weighted by atomic mass is 10.0. The molecule has 0 saturated heterocycles. The molecule has 0 amide bonds. The second-order valence-electron chi connectivity index (χ2n) is 2.33. The quantitative estimate of drug-likeness (QED) is 0.435. The third-order valence-electron chi connectivity index (χ3n) is 1.75. The van der Waals surface area contributed by atoms with Crippen LogP contribution < -0.4 is 0 Å². The fourth-order valence-corrected chi connectivity index (χ4v) is 0.712. The molecule has 0 aromatic carbocycles. The second-order valence-corrected chi connectivity index (χ2v) is 2.33. The van der Waals surface area contributed by atoms with Crippen molar-refractivity contribution in [2.75, 3.05) is 0 Å². The minimum Gasteiger partial charge on any atom is -0.192 e. The first kappa shape index (κ1) is 9.71. The molecule has 0 atom stereocenters. The van der Waals surface area contributed by atoms with Crippen molar-refractivity contribution >= 4 is 0 Å². The Labute approximate surface area is 68.3 Å². The van der Waals surface area contributed by atoms with Gasteiger partial charge in [-0.3, -0.25) is 0 Å². The van der Waals surface area contributed by atoms with Gasteiger partial charge in [0.15, 0.2) is 0 Å². The SMILES string of the molecule is C=C/C(C#N)=C(C)\C(C)=C/C. The lowest BCUT2D eigenvalue weighted by Gasteiger charge is -2.00. The maximum absolute atomic E-state index is 8.63. The molecule has 0 bridgehead atoms. The van der Waals surface area contributed by atoms with Gasteiger partial charge in [0.1, 0.15) is 0 Å². The molecule has 1 nitrogen and oxygen atoms in total. The van der Waals surface area contributed by atoms with E-state index in [1.165, 1.54) is 0 Å². The second kappa shape index (κ2) is 4.51. The average molecular weight is 147 g/mol. The minimum absolute atomic E-state index is 0.653. The summed E-state index contributed by atoms with van der Waals surface area (Å²) in [5.74, 6) is 0. The van der Waals surface area contributed by atoms with E-state index in [1.54, 1.807) is 6.08 Å². The largest absolute Gasteiger partial charge is 0.192 e. The Balaban J connectivity index is 4.95.